The largest absolute Gasteiger partial charge is 0.459 e. The second-order valence-corrected chi connectivity index (χ2v) is 15.7. The molecule has 2 aliphatic carbocycles. The molecule has 284 valence electrons. The Morgan fingerprint density at radius 1 is 0.885 bits per heavy atom. The van der Waals surface area contributed by atoms with Crippen LogP contribution < -0.4 is 0 Å². The van der Waals surface area contributed by atoms with Crippen molar-refractivity contribution < 1.29 is 53.8 Å². The SMILES string of the molecule is C=C1[C@H](OC(=O)c2cccc(C)c2)[C@@H](O)[C@@H](O)C(C)(C)/C=C/[C@H](C)[C@H](OC(=O)c2ccccc2)[C@@]2(O)C[C@@](C)(O)[C@H](OC(C)=O)[C@@H]2[C@H]1OCC(C)C. The Bertz CT molecular complexity index is 1630. The predicted molar refractivity (Wildman–Crippen MR) is 193 cm³/mol. The molecular weight excluding hydrogens is 668 g/mol. The number of benzene rings is 2. The van der Waals surface area contributed by atoms with Crippen LogP contribution in [0.5, 0.6) is 0 Å². The van der Waals surface area contributed by atoms with Crippen molar-refractivity contribution in [3.63, 3.8) is 0 Å². The zero-order valence-corrected chi connectivity index (χ0v) is 31.3. The van der Waals surface area contributed by atoms with E-state index in [0.717, 1.165) is 12.5 Å². The molecule has 0 aliphatic heterocycles. The maximum absolute atomic E-state index is 13.7. The number of hydrogen-bond donors (Lipinski definition) is 4. The summed E-state index contributed by atoms with van der Waals surface area (Å²) in [4.78, 5) is 40.1. The van der Waals surface area contributed by atoms with Crippen LogP contribution in [0, 0.1) is 30.1 Å². The van der Waals surface area contributed by atoms with E-state index in [1.165, 1.54) is 6.92 Å². The molecule has 1 fully saturated rings. The van der Waals surface area contributed by atoms with Crippen molar-refractivity contribution in [3.05, 3.63) is 95.6 Å². The minimum absolute atomic E-state index is 0.0534. The van der Waals surface area contributed by atoms with Gasteiger partial charge in [-0.2, -0.15) is 0 Å². The van der Waals surface area contributed by atoms with E-state index in [4.69, 9.17) is 18.9 Å². The van der Waals surface area contributed by atoms with E-state index < -0.39 is 89.4 Å². The normalized spacial score (nSPS) is 34.0. The van der Waals surface area contributed by atoms with Crippen LogP contribution in [0.25, 0.3) is 0 Å². The van der Waals surface area contributed by atoms with Crippen LogP contribution in [0.15, 0.2) is 78.9 Å². The zero-order chi connectivity index (χ0) is 38.8. The molecule has 2 aromatic rings. The highest BCUT2D eigenvalue weighted by molar-refractivity contribution is 5.90. The minimum Gasteiger partial charge on any atom is -0.459 e. The molecule has 2 aromatic carbocycles. The molecule has 0 bridgehead atoms. The molecule has 0 radical (unpaired) electrons. The summed E-state index contributed by atoms with van der Waals surface area (Å²) in [6.45, 7) is 17.5. The summed E-state index contributed by atoms with van der Waals surface area (Å²) < 4.78 is 24.4. The van der Waals surface area contributed by atoms with Gasteiger partial charge in [-0.3, -0.25) is 4.79 Å². The molecule has 10 atom stereocenters. The highest BCUT2D eigenvalue weighted by Crippen LogP contribution is 2.52. The molecular formula is C41H54O11. The van der Waals surface area contributed by atoms with Gasteiger partial charge < -0.3 is 39.4 Å². The van der Waals surface area contributed by atoms with Crippen molar-refractivity contribution in [2.75, 3.05) is 6.61 Å². The van der Waals surface area contributed by atoms with Crippen molar-refractivity contribution in [3.8, 4) is 0 Å². The van der Waals surface area contributed by atoms with Gasteiger partial charge in [0, 0.05) is 31.3 Å². The first-order valence-corrected chi connectivity index (χ1v) is 17.7. The number of aliphatic hydroxyl groups excluding tert-OH is 2. The van der Waals surface area contributed by atoms with E-state index in [1.807, 2.05) is 13.8 Å². The van der Waals surface area contributed by atoms with Gasteiger partial charge in [0.1, 0.15) is 29.5 Å². The first-order valence-electron chi connectivity index (χ1n) is 17.7. The standard InChI is InChI=1S/C41H54O11/c1-23(2)21-49-32-26(5)33(51-38(46)29-17-13-14-24(3)20-29)31(43)34(44)39(7,8)19-18-25(4)35(52-37(45)28-15-11-10-12-16-28)41(48)22-40(9,47)36(30(32)41)50-27(6)42/h10-20,23,25,30-36,43-44,47-48H,5,21-22H2,1-4,6-9H3/b19-18+/t25-,30-,31+,32-,33-,34+,35-,36+,40+,41+/m0/s1. The van der Waals surface area contributed by atoms with Gasteiger partial charge in [0.2, 0.25) is 0 Å². The first-order chi connectivity index (χ1) is 24.2. The van der Waals surface area contributed by atoms with Gasteiger partial charge in [-0.15, -0.1) is 0 Å². The second-order valence-electron chi connectivity index (χ2n) is 15.7. The molecule has 0 unspecified atom stereocenters. The van der Waals surface area contributed by atoms with Crippen molar-refractivity contribution in [2.45, 2.75) is 110 Å². The van der Waals surface area contributed by atoms with Crippen LogP contribution >= 0.6 is 0 Å². The van der Waals surface area contributed by atoms with Gasteiger partial charge >= 0.3 is 17.9 Å². The molecule has 0 heterocycles. The summed E-state index contributed by atoms with van der Waals surface area (Å²) in [6, 6.07) is 14.9. The van der Waals surface area contributed by atoms with E-state index in [1.54, 1.807) is 94.4 Å². The Morgan fingerprint density at radius 2 is 1.50 bits per heavy atom. The smallest absolute Gasteiger partial charge is 0.338 e. The van der Waals surface area contributed by atoms with Crippen molar-refractivity contribution in [2.24, 2.45) is 23.2 Å². The fourth-order valence-corrected chi connectivity index (χ4v) is 7.38. The second kappa shape index (κ2) is 16.0. The Morgan fingerprint density at radius 3 is 2.10 bits per heavy atom. The molecule has 52 heavy (non-hydrogen) atoms. The van der Waals surface area contributed by atoms with Crippen LogP contribution in [0.1, 0.15) is 81.2 Å². The average Bonchev–Trinajstić information content (AvgIpc) is 3.27. The van der Waals surface area contributed by atoms with E-state index in [9.17, 15) is 34.8 Å². The number of aliphatic hydroxyl groups is 4. The van der Waals surface area contributed by atoms with Crippen LogP contribution in [0.3, 0.4) is 0 Å². The third-order valence-corrected chi connectivity index (χ3v) is 10.0. The third kappa shape index (κ3) is 8.83. The maximum atomic E-state index is 13.7. The number of hydrogen-bond acceptors (Lipinski definition) is 11. The summed E-state index contributed by atoms with van der Waals surface area (Å²) >= 11 is 0. The lowest BCUT2D eigenvalue weighted by molar-refractivity contribution is -0.182. The number of aryl methyl sites for hydroxylation is 1. The molecule has 2 aliphatic rings. The van der Waals surface area contributed by atoms with E-state index in [0.29, 0.717) is 0 Å². The van der Waals surface area contributed by atoms with Crippen molar-refractivity contribution >= 4 is 17.9 Å². The quantitative estimate of drug-likeness (QED) is 0.169. The zero-order valence-electron chi connectivity index (χ0n) is 31.3. The molecule has 0 spiro atoms. The van der Waals surface area contributed by atoms with Crippen LogP contribution in [0.2, 0.25) is 0 Å². The molecule has 0 aromatic heterocycles. The maximum Gasteiger partial charge on any atom is 0.338 e. The summed E-state index contributed by atoms with van der Waals surface area (Å²) in [7, 11) is 0. The fraction of sp³-hybridized carbons (Fsp3) is 0.537. The molecule has 1 saturated carbocycles. The lowest BCUT2D eigenvalue weighted by atomic mass is 9.71. The number of esters is 3. The molecule has 0 saturated heterocycles. The van der Waals surface area contributed by atoms with Crippen LogP contribution in [0.4, 0.5) is 0 Å². The number of carbonyl (C=O) groups is 3. The molecule has 4 rings (SSSR count). The topological polar surface area (TPSA) is 169 Å². The fourth-order valence-electron chi connectivity index (χ4n) is 7.38. The Hall–Kier alpha value is -3.87. The van der Waals surface area contributed by atoms with Gasteiger partial charge in [0.25, 0.3) is 0 Å². The molecule has 0 amide bonds. The summed E-state index contributed by atoms with van der Waals surface area (Å²) in [6.07, 6.45) is -6.38. The van der Waals surface area contributed by atoms with Gasteiger partial charge in [0.05, 0.1) is 29.3 Å². The molecule has 11 nitrogen and oxygen atoms in total. The van der Waals surface area contributed by atoms with E-state index in [2.05, 4.69) is 6.58 Å². The van der Waals surface area contributed by atoms with Crippen LogP contribution in [-0.2, 0) is 23.7 Å². The van der Waals surface area contributed by atoms with E-state index >= 15 is 0 Å². The molecule has 4 N–H and O–H groups in total. The van der Waals surface area contributed by atoms with Gasteiger partial charge in [-0.1, -0.05) is 89.2 Å². The molecule has 11 heteroatoms. The van der Waals surface area contributed by atoms with Crippen LogP contribution in [-0.4, -0.2) is 92.8 Å². The number of rotatable bonds is 8. The average molecular weight is 723 g/mol. The Kier molecular flexibility index (Phi) is 12.6. The minimum atomic E-state index is -2.18. The number of ether oxygens (including phenoxy) is 4. The third-order valence-electron chi connectivity index (χ3n) is 10.0. The van der Waals surface area contributed by atoms with Crippen molar-refractivity contribution in [1.29, 1.82) is 0 Å². The first kappa shape index (κ1) is 40.9. The van der Waals surface area contributed by atoms with Gasteiger partial charge in [0.15, 0.2) is 6.10 Å². The Balaban J connectivity index is 2.00. The lowest BCUT2D eigenvalue weighted by Crippen LogP contribution is -2.59. The predicted octanol–water partition coefficient (Wildman–Crippen LogP) is 4.73. The highest BCUT2D eigenvalue weighted by atomic mass is 16.6. The number of fused-ring (bicyclic) bond motifs is 1. The van der Waals surface area contributed by atoms with Gasteiger partial charge in [-0.25, -0.2) is 9.59 Å². The lowest BCUT2D eigenvalue weighted by Gasteiger charge is -2.46. The Labute approximate surface area is 306 Å². The van der Waals surface area contributed by atoms with E-state index in [-0.39, 0.29) is 29.2 Å². The summed E-state index contributed by atoms with van der Waals surface area (Å²) in [5.41, 5.74) is -4.16. The summed E-state index contributed by atoms with van der Waals surface area (Å²) in [5, 5.41) is 48.7. The van der Waals surface area contributed by atoms with Gasteiger partial charge in [-0.05, 0) is 49.6 Å². The monoisotopic (exact) mass is 722 g/mol. The number of carbonyl (C=O) groups excluding carboxylic acids is 3. The van der Waals surface area contributed by atoms with Crippen molar-refractivity contribution in [1.82, 2.24) is 0 Å². The highest BCUT2D eigenvalue weighted by Gasteiger charge is 2.68. The summed E-state index contributed by atoms with van der Waals surface area (Å²) in [5.74, 6) is -4.61.